The molecule has 0 saturated carbocycles. The Kier molecular flexibility index (Phi) is 5.73. The van der Waals surface area contributed by atoms with Crippen LogP contribution in [0.15, 0.2) is 24.3 Å². The van der Waals surface area contributed by atoms with Crippen molar-refractivity contribution in [2.45, 2.75) is 20.8 Å². The second kappa shape index (κ2) is 7.29. The molecule has 2 amide bonds. The minimum absolute atomic E-state index is 0.0447. The van der Waals surface area contributed by atoms with E-state index in [2.05, 4.69) is 5.32 Å². The lowest BCUT2D eigenvalue weighted by Crippen LogP contribution is -2.40. The van der Waals surface area contributed by atoms with Gasteiger partial charge in [-0.1, -0.05) is 19.9 Å². The summed E-state index contributed by atoms with van der Waals surface area (Å²) in [5, 5.41) is 11.6. The van der Waals surface area contributed by atoms with Gasteiger partial charge in [0.25, 0.3) is 0 Å². The average Bonchev–Trinajstić information content (AvgIpc) is 2.42. The first-order valence-electron chi connectivity index (χ1n) is 6.49. The van der Waals surface area contributed by atoms with Crippen LogP contribution in [0.1, 0.15) is 26.3 Å². The van der Waals surface area contributed by atoms with Crippen molar-refractivity contribution in [2.24, 2.45) is 5.92 Å². The van der Waals surface area contributed by atoms with E-state index in [0.29, 0.717) is 23.7 Å². The maximum Gasteiger partial charge on any atom is 0.240 e. The zero-order valence-corrected chi connectivity index (χ0v) is 12.0. The Labute approximate surface area is 119 Å². The van der Waals surface area contributed by atoms with Crippen LogP contribution in [0.2, 0.25) is 0 Å². The van der Waals surface area contributed by atoms with Crippen molar-refractivity contribution in [2.75, 3.05) is 18.0 Å². The fourth-order valence-electron chi connectivity index (χ4n) is 1.65. The number of hydrogen-bond donors (Lipinski definition) is 1. The van der Waals surface area contributed by atoms with Gasteiger partial charge in [0.1, 0.15) is 6.54 Å². The molecule has 1 aromatic rings. The van der Waals surface area contributed by atoms with Crippen LogP contribution in [0.25, 0.3) is 0 Å². The first-order chi connectivity index (χ1) is 9.43. The predicted molar refractivity (Wildman–Crippen MR) is 77.0 cm³/mol. The smallest absolute Gasteiger partial charge is 0.240 e. The number of amides is 2. The highest BCUT2D eigenvalue weighted by Gasteiger charge is 2.16. The van der Waals surface area contributed by atoms with Crippen LogP contribution < -0.4 is 10.2 Å². The van der Waals surface area contributed by atoms with E-state index in [9.17, 15) is 9.59 Å². The fourth-order valence-corrected chi connectivity index (χ4v) is 1.65. The summed E-state index contributed by atoms with van der Waals surface area (Å²) in [5.74, 6) is -0.0947. The lowest BCUT2D eigenvalue weighted by Gasteiger charge is -2.21. The summed E-state index contributed by atoms with van der Waals surface area (Å²) < 4.78 is 0. The SMILES string of the molecule is CC(=O)N(CC(=O)NCC(C)C)c1cccc(C#N)c1. The number of carbonyl (C=O) groups is 2. The third-order valence-electron chi connectivity index (χ3n) is 2.68. The third kappa shape index (κ3) is 4.73. The summed E-state index contributed by atoms with van der Waals surface area (Å²) in [6.07, 6.45) is 0. The molecule has 0 atom stereocenters. The molecular weight excluding hydrogens is 254 g/mol. The normalized spacial score (nSPS) is 9.95. The maximum absolute atomic E-state index is 11.8. The Balaban J connectivity index is 2.82. The molecule has 5 heteroatoms. The highest BCUT2D eigenvalue weighted by molar-refractivity contribution is 5.97. The van der Waals surface area contributed by atoms with Crippen molar-refractivity contribution in [1.82, 2.24) is 5.32 Å². The second-order valence-electron chi connectivity index (χ2n) is 4.97. The first kappa shape index (κ1) is 15.7. The van der Waals surface area contributed by atoms with E-state index in [-0.39, 0.29) is 18.4 Å². The van der Waals surface area contributed by atoms with Crippen molar-refractivity contribution in [3.8, 4) is 6.07 Å². The van der Waals surface area contributed by atoms with Crippen molar-refractivity contribution < 1.29 is 9.59 Å². The highest BCUT2D eigenvalue weighted by Crippen LogP contribution is 2.15. The lowest BCUT2D eigenvalue weighted by atomic mass is 10.2. The van der Waals surface area contributed by atoms with Crippen LogP contribution in [-0.2, 0) is 9.59 Å². The van der Waals surface area contributed by atoms with Gasteiger partial charge in [-0.05, 0) is 24.1 Å². The molecule has 0 aliphatic rings. The van der Waals surface area contributed by atoms with Gasteiger partial charge in [0.2, 0.25) is 11.8 Å². The number of nitrogens with zero attached hydrogens (tertiary/aromatic N) is 2. The summed E-state index contributed by atoms with van der Waals surface area (Å²) in [4.78, 5) is 24.9. The molecule has 0 saturated heterocycles. The molecule has 1 aromatic carbocycles. The Morgan fingerprint density at radius 3 is 2.65 bits per heavy atom. The summed E-state index contributed by atoms with van der Waals surface area (Å²) in [7, 11) is 0. The molecule has 5 nitrogen and oxygen atoms in total. The molecule has 0 radical (unpaired) electrons. The number of nitriles is 1. The Morgan fingerprint density at radius 2 is 2.10 bits per heavy atom. The third-order valence-corrected chi connectivity index (χ3v) is 2.68. The largest absolute Gasteiger partial charge is 0.354 e. The van der Waals surface area contributed by atoms with Gasteiger partial charge < -0.3 is 10.2 Å². The number of rotatable bonds is 5. The molecule has 106 valence electrons. The van der Waals surface area contributed by atoms with Gasteiger partial charge in [-0.15, -0.1) is 0 Å². The molecule has 1 N–H and O–H groups in total. The van der Waals surface area contributed by atoms with Gasteiger partial charge in [0, 0.05) is 19.2 Å². The van der Waals surface area contributed by atoms with Crippen LogP contribution >= 0.6 is 0 Å². The summed E-state index contributed by atoms with van der Waals surface area (Å²) in [5.41, 5.74) is 1.01. The molecule has 0 unspecified atom stereocenters. The van der Waals surface area contributed by atoms with Crippen molar-refractivity contribution in [1.29, 1.82) is 5.26 Å². The summed E-state index contributed by atoms with van der Waals surface area (Å²) in [6, 6.07) is 8.66. The van der Waals surface area contributed by atoms with Gasteiger partial charge in [-0.25, -0.2) is 0 Å². The first-order valence-corrected chi connectivity index (χ1v) is 6.49. The van der Waals surface area contributed by atoms with Crippen LogP contribution in [0.5, 0.6) is 0 Å². The van der Waals surface area contributed by atoms with Crippen LogP contribution in [0.3, 0.4) is 0 Å². The number of hydrogen-bond acceptors (Lipinski definition) is 3. The second-order valence-corrected chi connectivity index (χ2v) is 4.97. The lowest BCUT2D eigenvalue weighted by molar-refractivity contribution is -0.123. The molecular formula is C15H19N3O2. The minimum atomic E-state index is -0.236. The predicted octanol–water partition coefficient (Wildman–Crippen LogP) is 1.68. The summed E-state index contributed by atoms with van der Waals surface area (Å²) >= 11 is 0. The zero-order valence-electron chi connectivity index (χ0n) is 12.0. The molecule has 20 heavy (non-hydrogen) atoms. The van der Waals surface area contributed by atoms with E-state index < -0.39 is 0 Å². The summed E-state index contributed by atoms with van der Waals surface area (Å²) in [6.45, 7) is 5.92. The Morgan fingerprint density at radius 1 is 1.40 bits per heavy atom. The minimum Gasteiger partial charge on any atom is -0.354 e. The number of anilines is 1. The van der Waals surface area contributed by atoms with Crippen molar-refractivity contribution in [3.05, 3.63) is 29.8 Å². The average molecular weight is 273 g/mol. The van der Waals surface area contributed by atoms with Crippen LogP contribution in [0.4, 0.5) is 5.69 Å². The van der Waals surface area contributed by atoms with Gasteiger partial charge in [-0.2, -0.15) is 5.26 Å². The highest BCUT2D eigenvalue weighted by atomic mass is 16.2. The molecule has 0 bridgehead atoms. The molecule has 0 aliphatic heterocycles. The number of benzene rings is 1. The maximum atomic E-state index is 11.8. The van der Waals surface area contributed by atoms with E-state index in [4.69, 9.17) is 5.26 Å². The van der Waals surface area contributed by atoms with E-state index in [1.807, 2.05) is 19.9 Å². The molecule has 0 heterocycles. The fraction of sp³-hybridized carbons (Fsp3) is 0.400. The molecule has 0 aliphatic carbocycles. The van der Waals surface area contributed by atoms with Crippen molar-refractivity contribution in [3.63, 3.8) is 0 Å². The van der Waals surface area contributed by atoms with Crippen molar-refractivity contribution >= 4 is 17.5 Å². The monoisotopic (exact) mass is 273 g/mol. The van der Waals surface area contributed by atoms with E-state index >= 15 is 0 Å². The Hall–Kier alpha value is -2.35. The van der Waals surface area contributed by atoms with Gasteiger partial charge in [0.05, 0.1) is 11.6 Å². The quantitative estimate of drug-likeness (QED) is 0.887. The molecule has 1 rings (SSSR count). The standard InChI is InChI=1S/C15H19N3O2/c1-11(2)9-17-15(20)10-18(12(3)19)14-6-4-5-13(7-14)8-16/h4-7,11H,9-10H2,1-3H3,(H,17,20). The Bertz CT molecular complexity index is 532. The van der Waals surface area contributed by atoms with Gasteiger partial charge in [0.15, 0.2) is 0 Å². The zero-order chi connectivity index (χ0) is 15.1. The van der Waals surface area contributed by atoms with Crippen LogP contribution in [-0.4, -0.2) is 24.9 Å². The van der Waals surface area contributed by atoms with Crippen LogP contribution in [0, 0.1) is 17.2 Å². The van der Waals surface area contributed by atoms with Gasteiger partial charge in [-0.3, -0.25) is 9.59 Å². The topological polar surface area (TPSA) is 73.2 Å². The number of nitrogens with one attached hydrogen (secondary N) is 1. The number of carbonyl (C=O) groups excluding carboxylic acids is 2. The molecule has 0 fully saturated rings. The van der Waals surface area contributed by atoms with E-state index in [0.717, 1.165) is 0 Å². The molecule has 0 aromatic heterocycles. The molecule has 0 spiro atoms. The van der Waals surface area contributed by atoms with Gasteiger partial charge >= 0.3 is 0 Å². The van der Waals surface area contributed by atoms with E-state index in [1.165, 1.54) is 11.8 Å². The van der Waals surface area contributed by atoms with E-state index in [1.54, 1.807) is 24.3 Å².